The van der Waals surface area contributed by atoms with Crippen molar-refractivity contribution in [2.75, 3.05) is 39.1 Å². The maximum Gasteiger partial charge on any atom is 0.193 e. The number of benzene rings is 1. The van der Waals surface area contributed by atoms with Gasteiger partial charge in [0, 0.05) is 50.4 Å². The lowest BCUT2D eigenvalue weighted by Crippen LogP contribution is -2.53. The molecule has 3 fully saturated rings. The predicted octanol–water partition coefficient (Wildman–Crippen LogP) is 4.83. The summed E-state index contributed by atoms with van der Waals surface area (Å²) in [6.07, 6.45) is 9.25. The Morgan fingerprint density at radius 3 is 2.77 bits per heavy atom. The molecular weight excluding hydrogens is 521 g/mol. The Morgan fingerprint density at radius 1 is 1.23 bits per heavy atom. The third kappa shape index (κ3) is 7.24. The van der Waals surface area contributed by atoms with Crippen LogP contribution in [0.15, 0.2) is 29.3 Å². The molecule has 2 aliphatic heterocycles. The van der Waals surface area contributed by atoms with E-state index < -0.39 is 0 Å². The summed E-state index contributed by atoms with van der Waals surface area (Å²) >= 11 is 2.21. The van der Waals surface area contributed by atoms with Gasteiger partial charge in [-0.05, 0) is 36.8 Å². The predicted molar refractivity (Wildman–Crippen MR) is 141 cm³/mol. The van der Waals surface area contributed by atoms with Crippen LogP contribution in [0.5, 0.6) is 0 Å². The molecule has 1 spiro atoms. The minimum absolute atomic E-state index is 0. The Morgan fingerprint density at radius 2 is 2.00 bits per heavy atom. The molecule has 0 atom stereocenters. The average molecular weight is 560 g/mol. The van der Waals surface area contributed by atoms with Gasteiger partial charge >= 0.3 is 0 Å². The second-order valence-corrected chi connectivity index (χ2v) is 10.4. The van der Waals surface area contributed by atoms with Crippen molar-refractivity contribution in [3.05, 3.63) is 35.4 Å². The lowest BCUT2D eigenvalue weighted by Gasteiger charge is -2.45. The van der Waals surface area contributed by atoms with Crippen molar-refractivity contribution in [1.29, 1.82) is 0 Å². The zero-order valence-corrected chi connectivity index (χ0v) is 22.0. The van der Waals surface area contributed by atoms with Gasteiger partial charge in [-0.2, -0.15) is 11.8 Å². The standard InChI is InChI=1S/C24H37N3O2S.HI/c1-25-23(27-12-15-30-24(19-27)10-3-2-4-11-24)26-17-20-6-5-7-21(16-20)18-29-22-8-13-28-14-9-22;/h5-7,16,22H,2-4,8-15,17-19H2,1H3,(H,25,26);1H. The molecule has 174 valence electrons. The summed E-state index contributed by atoms with van der Waals surface area (Å²) < 4.78 is 12.0. The van der Waals surface area contributed by atoms with Crippen molar-refractivity contribution in [1.82, 2.24) is 10.2 Å². The Bertz CT molecular complexity index is 700. The molecule has 3 aliphatic rings. The van der Waals surface area contributed by atoms with E-state index >= 15 is 0 Å². The Hall–Kier alpha value is -0.510. The summed E-state index contributed by atoms with van der Waals surface area (Å²) in [6.45, 7) is 5.35. The SMILES string of the molecule is CN=C(NCc1cccc(COC2CCOCC2)c1)N1CCSC2(CCCCC2)C1.I. The van der Waals surface area contributed by atoms with Crippen molar-refractivity contribution >= 4 is 41.7 Å². The molecule has 0 unspecified atom stereocenters. The number of nitrogens with one attached hydrogen (secondary N) is 1. The first-order valence-corrected chi connectivity index (χ1v) is 12.6. The summed E-state index contributed by atoms with van der Waals surface area (Å²) in [5.41, 5.74) is 2.52. The first-order chi connectivity index (χ1) is 14.8. The van der Waals surface area contributed by atoms with E-state index in [1.54, 1.807) is 0 Å². The highest BCUT2D eigenvalue weighted by Gasteiger charge is 2.38. The van der Waals surface area contributed by atoms with Gasteiger partial charge in [0.2, 0.25) is 0 Å². The van der Waals surface area contributed by atoms with Crippen LogP contribution in [0.25, 0.3) is 0 Å². The molecule has 2 heterocycles. The summed E-state index contributed by atoms with van der Waals surface area (Å²) in [4.78, 5) is 7.10. The third-order valence-corrected chi connectivity index (χ3v) is 8.16. The first-order valence-electron chi connectivity index (χ1n) is 11.6. The zero-order valence-electron chi connectivity index (χ0n) is 18.8. The van der Waals surface area contributed by atoms with Crippen LogP contribution < -0.4 is 5.32 Å². The average Bonchev–Trinajstić information content (AvgIpc) is 2.80. The summed E-state index contributed by atoms with van der Waals surface area (Å²) in [5, 5.41) is 3.62. The van der Waals surface area contributed by atoms with Gasteiger partial charge in [-0.1, -0.05) is 43.5 Å². The van der Waals surface area contributed by atoms with Crippen LogP contribution in [0.3, 0.4) is 0 Å². The van der Waals surface area contributed by atoms with Crippen molar-refractivity contribution in [2.45, 2.75) is 68.9 Å². The fraction of sp³-hybridized carbons (Fsp3) is 0.708. The van der Waals surface area contributed by atoms with Gasteiger partial charge in [-0.25, -0.2) is 0 Å². The van der Waals surface area contributed by atoms with Crippen LogP contribution >= 0.6 is 35.7 Å². The number of aliphatic imine (C=N–C) groups is 1. The van der Waals surface area contributed by atoms with E-state index in [1.165, 1.54) is 49.0 Å². The second kappa shape index (κ2) is 12.7. The zero-order chi connectivity index (χ0) is 20.7. The number of hydrogen-bond acceptors (Lipinski definition) is 4. The van der Waals surface area contributed by atoms with Gasteiger partial charge in [0.1, 0.15) is 0 Å². The number of hydrogen-bond donors (Lipinski definition) is 1. The lowest BCUT2D eigenvalue weighted by atomic mass is 9.87. The van der Waals surface area contributed by atoms with Crippen LogP contribution in [-0.4, -0.2) is 60.8 Å². The van der Waals surface area contributed by atoms with Gasteiger partial charge in [0.15, 0.2) is 5.96 Å². The van der Waals surface area contributed by atoms with E-state index in [9.17, 15) is 0 Å². The number of halogens is 1. The fourth-order valence-corrected chi connectivity index (χ4v) is 6.49. The molecule has 31 heavy (non-hydrogen) atoms. The number of rotatable bonds is 5. The molecule has 2 saturated heterocycles. The lowest BCUT2D eigenvalue weighted by molar-refractivity contribution is -0.0390. The van der Waals surface area contributed by atoms with Crippen LogP contribution in [0.2, 0.25) is 0 Å². The highest BCUT2D eigenvalue weighted by Crippen LogP contribution is 2.42. The van der Waals surface area contributed by atoms with E-state index in [0.717, 1.165) is 51.6 Å². The molecular formula is C24H38IN3O2S. The Balaban J connectivity index is 0.00000272. The van der Waals surface area contributed by atoms with E-state index in [4.69, 9.17) is 9.47 Å². The molecule has 0 bridgehead atoms. The van der Waals surface area contributed by atoms with Gasteiger partial charge < -0.3 is 19.7 Å². The van der Waals surface area contributed by atoms with Gasteiger partial charge in [-0.3, -0.25) is 4.99 Å². The van der Waals surface area contributed by atoms with Crippen molar-refractivity contribution in [2.24, 2.45) is 4.99 Å². The molecule has 5 nitrogen and oxygen atoms in total. The largest absolute Gasteiger partial charge is 0.381 e. The maximum atomic E-state index is 6.09. The Labute approximate surface area is 209 Å². The molecule has 0 aromatic heterocycles. The number of guanidine groups is 1. The molecule has 1 aromatic carbocycles. The monoisotopic (exact) mass is 559 g/mol. The smallest absolute Gasteiger partial charge is 0.193 e. The summed E-state index contributed by atoms with van der Waals surface area (Å²) in [6, 6.07) is 8.74. The van der Waals surface area contributed by atoms with E-state index in [0.29, 0.717) is 17.5 Å². The normalized spacial score (nSPS) is 22.2. The van der Waals surface area contributed by atoms with Crippen molar-refractivity contribution in [3.8, 4) is 0 Å². The van der Waals surface area contributed by atoms with Gasteiger partial charge in [0.05, 0.1) is 12.7 Å². The molecule has 1 aliphatic carbocycles. The number of nitrogens with zero attached hydrogens (tertiary/aromatic N) is 2. The molecule has 4 rings (SSSR count). The van der Waals surface area contributed by atoms with Crippen LogP contribution in [0.4, 0.5) is 0 Å². The van der Waals surface area contributed by atoms with Crippen molar-refractivity contribution in [3.63, 3.8) is 0 Å². The highest BCUT2D eigenvalue weighted by atomic mass is 127. The molecule has 1 N–H and O–H groups in total. The van der Waals surface area contributed by atoms with Crippen LogP contribution in [0, 0.1) is 0 Å². The highest BCUT2D eigenvalue weighted by molar-refractivity contribution is 14.0. The maximum absolute atomic E-state index is 6.09. The van der Waals surface area contributed by atoms with Gasteiger partial charge in [0.25, 0.3) is 0 Å². The second-order valence-electron chi connectivity index (χ2n) is 8.86. The van der Waals surface area contributed by atoms with Crippen molar-refractivity contribution < 1.29 is 9.47 Å². The molecule has 0 radical (unpaired) electrons. The molecule has 7 heteroatoms. The minimum atomic E-state index is 0. The quantitative estimate of drug-likeness (QED) is 0.318. The topological polar surface area (TPSA) is 46.1 Å². The van der Waals surface area contributed by atoms with Gasteiger partial charge in [-0.15, -0.1) is 24.0 Å². The van der Waals surface area contributed by atoms with Crippen LogP contribution in [0.1, 0.15) is 56.1 Å². The molecule has 1 aromatic rings. The fourth-order valence-electron chi connectivity index (χ4n) is 4.92. The number of ether oxygens (including phenoxy) is 2. The molecule has 0 amide bonds. The summed E-state index contributed by atoms with van der Waals surface area (Å²) in [7, 11) is 1.91. The minimum Gasteiger partial charge on any atom is -0.381 e. The van der Waals surface area contributed by atoms with Crippen LogP contribution in [-0.2, 0) is 22.6 Å². The Kier molecular flexibility index (Phi) is 10.3. The number of thioether (sulfide) groups is 1. The van der Waals surface area contributed by atoms with E-state index in [1.807, 2.05) is 7.05 Å². The van der Waals surface area contributed by atoms with E-state index in [-0.39, 0.29) is 24.0 Å². The first kappa shape index (κ1) is 25.1. The molecule has 1 saturated carbocycles. The van der Waals surface area contributed by atoms with E-state index in [2.05, 4.69) is 51.2 Å². The summed E-state index contributed by atoms with van der Waals surface area (Å²) in [5.74, 6) is 2.25. The third-order valence-electron chi connectivity index (χ3n) is 6.62.